The molecule has 0 aliphatic carbocycles. The van der Waals surface area contributed by atoms with Gasteiger partial charge < -0.3 is 20.9 Å². The lowest BCUT2D eigenvalue weighted by Crippen LogP contribution is -2.36. The number of anilines is 1. The quantitative estimate of drug-likeness (QED) is 0.310. The average Bonchev–Trinajstić information content (AvgIpc) is 2.47. The van der Waals surface area contributed by atoms with Crippen LogP contribution in [0.1, 0.15) is 25.0 Å². The second-order valence-electron chi connectivity index (χ2n) is 4.71. The zero-order valence-corrected chi connectivity index (χ0v) is 10.7. The summed E-state index contributed by atoms with van der Waals surface area (Å²) in [5.41, 5.74) is 5.80. The van der Waals surface area contributed by atoms with Gasteiger partial charge in [-0.3, -0.25) is 0 Å². The van der Waals surface area contributed by atoms with Crippen LogP contribution >= 0.6 is 0 Å². The number of aliphatic hydroxyl groups is 1. The highest BCUT2D eigenvalue weighted by molar-refractivity contribution is 5.94. The molecule has 1 unspecified atom stereocenters. The molecule has 1 saturated heterocycles. The van der Waals surface area contributed by atoms with Crippen molar-refractivity contribution in [1.82, 2.24) is 9.97 Å². The molecule has 0 spiro atoms. The molecule has 19 heavy (non-hydrogen) atoms. The highest BCUT2D eigenvalue weighted by Crippen LogP contribution is 2.22. The lowest BCUT2D eigenvalue weighted by Gasteiger charge is -2.33. The predicted molar refractivity (Wildman–Crippen MR) is 71.2 cm³/mol. The maximum absolute atomic E-state index is 9.00. The minimum Gasteiger partial charge on any atom is -0.409 e. The van der Waals surface area contributed by atoms with Crippen molar-refractivity contribution in [1.29, 1.82) is 0 Å². The van der Waals surface area contributed by atoms with E-state index in [1.54, 1.807) is 6.20 Å². The second-order valence-corrected chi connectivity index (χ2v) is 4.71. The van der Waals surface area contributed by atoms with Crippen LogP contribution < -0.4 is 10.6 Å². The van der Waals surface area contributed by atoms with Crippen LogP contribution in [0.4, 0.5) is 5.82 Å². The number of nitrogens with zero attached hydrogens (tertiary/aromatic N) is 4. The number of aliphatic hydroxyl groups excluding tert-OH is 1. The largest absolute Gasteiger partial charge is 0.409 e. The molecule has 4 N–H and O–H groups in total. The Morgan fingerprint density at radius 3 is 2.95 bits per heavy atom. The van der Waals surface area contributed by atoms with Gasteiger partial charge in [0.2, 0.25) is 0 Å². The van der Waals surface area contributed by atoms with E-state index >= 15 is 0 Å². The number of piperidine rings is 1. The molecule has 1 aromatic heterocycles. The van der Waals surface area contributed by atoms with Gasteiger partial charge in [0.05, 0.1) is 12.4 Å². The standard InChI is InChI=1S/C12H19N5O2/c13-12(16-19)10-6-15-11(7-14-10)17-4-1-2-9(8-17)3-5-18/h6-7,9,18-19H,1-5,8H2,(H2,13,16). The summed E-state index contributed by atoms with van der Waals surface area (Å²) < 4.78 is 0. The minimum atomic E-state index is -0.0455. The van der Waals surface area contributed by atoms with Gasteiger partial charge in [0.15, 0.2) is 5.84 Å². The molecule has 7 heteroatoms. The van der Waals surface area contributed by atoms with Crippen LogP contribution in [0.15, 0.2) is 17.5 Å². The monoisotopic (exact) mass is 265 g/mol. The summed E-state index contributed by atoms with van der Waals surface area (Å²) in [6.07, 6.45) is 6.20. The van der Waals surface area contributed by atoms with Crippen molar-refractivity contribution in [2.75, 3.05) is 24.6 Å². The molecule has 0 radical (unpaired) electrons. The normalized spacial score (nSPS) is 20.6. The SMILES string of the molecule is NC(=NO)c1cnc(N2CCCC(CCO)C2)cn1. The Labute approximate surface area is 111 Å². The third kappa shape index (κ3) is 3.31. The summed E-state index contributed by atoms with van der Waals surface area (Å²) in [7, 11) is 0. The maximum Gasteiger partial charge on any atom is 0.190 e. The van der Waals surface area contributed by atoms with Crippen molar-refractivity contribution in [3.8, 4) is 0 Å². The highest BCUT2D eigenvalue weighted by Gasteiger charge is 2.20. The molecular formula is C12H19N5O2. The number of hydrogen-bond donors (Lipinski definition) is 3. The molecule has 104 valence electrons. The van der Waals surface area contributed by atoms with E-state index in [1.807, 2.05) is 0 Å². The van der Waals surface area contributed by atoms with Crippen molar-refractivity contribution in [3.05, 3.63) is 18.1 Å². The molecule has 1 fully saturated rings. The molecule has 1 aliphatic rings. The van der Waals surface area contributed by atoms with Crippen molar-refractivity contribution >= 4 is 11.7 Å². The molecule has 7 nitrogen and oxygen atoms in total. The van der Waals surface area contributed by atoms with Gasteiger partial charge in [-0.25, -0.2) is 9.97 Å². The average molecular weight is 265 g/mol. The fraction of sp³-hybridized carbons (Fsp3) is 0.583. The summed E-state index contributed by atoms with van der Waals surface area (Å²) in [5, 5.41) is 20.5. The Balaban J connectivity index is 2.05. The zero-order valence-electron chi connectivity index (χ0n) is 10.7. The number of hydrogen-bond acceptors (Lipinski definition) is 6. The van der Waals surface area contributed by atoms with Crippen LogP contribution in [-0.2, 0) is 0 Å². The number of amidine groups is 1. The van der Waals surface area contributed by atoms with Crippen LogP contribution in [0, 0.1) is 5.92 Å². The fourth-order valence-corrected chi connectivity index (χ4v) is 2.36. The Morgan fingerprint density at radius 1 is 1.47 bits per heavy atom. The van der Waals surface area contributed by atoms with Crippen molar-refractivity contribution in [3.63, 3.8) is 0 Å². The van der Waals surface area contributed by atoms with E-state index in [0.717, 1.165) is 38.2 Å². The first-order valence-corrected chi connectivity index (χ1v) is 6.40. The van der Waals surface area contributed by atoms with E-state index in [1.165, 1.54) is 6.20 Å². The lowest BCUT2D eigenvalue weighted by molar-refractivity contribution is 0.244. The van der Waals surface area contributed by atoms with Gasteiger partial charge >= 0.3 is 0 Å². The molecule has 1 atom stereocenters. The molecule has 2 heterocycles. The summed E-state index contributed by atoms with van der Waals surface area (Å²) in [6.45, 7) is 2.06. The number of oxime groups is 1. The van der Waals surface area contributed by atoms with Crippen molar-refractivity contribution in [2.24, 2.45) is 16.8 Å². The second kappa shape index (κ2) is 6.33. The third-order valence-electron chi connectivity index (χ3n) is 3.39. The summed E-state index contributed by atoms with van der Waals surface area (Å²) in [6, 6.07) is 0. The number of nitrogens with two attached hydrogens (primary N) is 1. The van der Waals surface area contributed by atoms with Crippen LogP contribution in [0.2, 0.25) is 0 Å². The van der Waals surface area contributed by atoms with E-state index in [2.05, 4.69) is 20.0 Å². The van der Waals surface area contributed by atoms with Crippen LogP contribution in [0.5, 0.6) is 0 Å². The van der Waals surface area contributed by atoms with Gasteiger partial charge in [-0.2, -0.15) is 0 Å². The Bertz CT molecular complexity index is 432. The first-order chi connectivity index (χ1) is 9.24. The van der Waals surface area contributed by atoms with Gasteiger partial charge in [-0.05, 0) is 25.2 Å². The van der Waals surface area contributed by atoms with Gasteiger partial charge in [-0.1, -0.05) is 5.16 Å². The smallest absolute Gasteiger partial charge is 0.190 e. The molecule has 0 saturated carbocycles. The lowest BCUT2D eigenvalue weighted by atomic mass is 9.95. The van der Waals surface area contributed by atoms with Crippen LogP contribution in [0.3, 0.4) is 0 Å². The maximum atomic E-state index is 9.00. The van der Waals surface area contributed by atoms with E-state index in [-0.39, 0.29) is 12.4 Å². The zero-order chi connectivity index (χ0) is 13.7. The summed E-state index contributed by atoms with van der Waals surface area (Å²) >= 11 is 0. The first kappa shape index (κ1) is 13.5. The third-order valence-corrected chi connectivity index (χ3v) is 3.39. The van der Waals surface area contributed by atoms with E-state index in [4.69, 9.17) is 16.0 Å². The first-order valence-electron chi connectivity index (χ1n) is 6.40. The Morgan fingerprint density at radius 2 is 2.32 bits per heavy atom. The number of rotatable bonds is 4. The summed E-state index contributed by atoms with van der Waals surface area (Å²) in [4.78, 5) is 10.6. The Hall–Kier alpha value is -1.89. The molecule has 0 aromatic carbocycles. The van der Waals surface area contributed by atoms with E-state index < -0.39 is 0 Å². The van der Waals surface area contributed by atoms with Gasteiger partial charge in [0, 0.05) is 19.7 Å². The summed E-state index contributed by atoms with van der Waals surface area (Å²) in [5.74, 6) is 1.25. The van der Waals surface area contributed by atoms with E-state index in [0.29, 0.717) is 11.6 Å². The van der Waals surface area contributed by atoms with Gasteiger partial charge in [0.25, 0.3) is 0 Å². The molecule has 2 rings (SSSR count). The minimum absolute atomic E-state index is 0.0455. The fourth-order valence-electron chi connectivity index (χ4n) is 2.36. The molecule has 1 aromatic rings. The van der Waals surface area contributed by atoms with Crippen molar-refractivity contribution in [2.45, 2.75) is 19.3 Å². The molecular weight excluding hydrogens is 246 g/mol. The van der Waals surface area contributed by atoms with Gasteiger partial charge in [0.1, 0.15) is 11.5 Å². The Kier molecular flexibility index (Phi) is 4.51. The number of aromatic nitrogens is 2. The van der Waals surface area contributed by atoms with E-state index in [9.17, 15) is 0 Å². The van der Waals surface area contributed by atoms with Gasteiger partial charge in [-0.15, -0.1) is 0 Å². The van der Waals surface area contributed by atoms with Crippen LogP contribution in [0.25, 0.3) is 0 Å². The highest BCUT2D eigenvalue weighted by atomic mass is 16.4. The van der Waals surface area contributed by atoms with Crippen molar-refractivity contribution < 1.29 is 10.3 Å². The topological polar surface area (TPSA) is 108 Å². The molecule has 0 amide bonds. The predicted octanol–water partition coefficient (Wildman–Crippen LogP) is 0.170. The molecule has 0 bridgehead atoms. The van der Waals surface area contributed by atoms with Crippen LogP contribution in [-0.4, -0.2) is 45.8 Å². The molecule has 1 aliphatic heterocycles.